The molecule has 47 heavy (non-hydrogen) atoms. The van der Waals surface area contributed by atoms with Gasteiger partial charge in [-0.15, -0.1) is 0 Å². The molecule has 0 amide bonds. The zero-order valence-corrected chi connectivity index (χ0v) is 29.0. The summed E-state index contributed by atoms with van der Waals surface area (Å²) in [6.07, 6.45) is 21.8. The summed E-state index contributed by atoms with van der Waals surface area (Å²) in [5.74, 6) is -0.838. The highest BCUT2D eigenvalue weighted by Crippen LogP contribution is 2.22. The van der Waals surface area contributed by atoms with Crippen LogP contribution >= 0.6 is 0 Å². The highest BCUT2D eigenvalue weighted by molar-refractivity contribution is 5.70. The van der Waals surface area contributed by atoms with E-state index in [1.165, 1.54) is 19.3 Å². The Labute approximate surface area is 283 Å². The summed E-state index contributed by atoms with van der Waals surface area (Å²) >= 11 is 0. The largest absolute Gasteiger partial charge is 0.462 e. The van der Waals surface area contributed by atoms with Crippen molar-refractivity contribution in [3.8, 4) is 0 Å². The van der Waals surface area contributed by atoms with Gasteiger partial charge < -0.3 is 39.4 Å². The van der Waals surface area contributed by atoms with E-state index in [0.717, 1.165) is 77.0 Å². The summed E-state index contributed by atoms with van der Waals surface area (Å²) < 4.78 is 21.9. The minimum atomic E-state index is -1.59. The molecule has 1 heterocycles. The third-order valence-corrected chi connectivity index (χ3v) is 8.04. The van der Waals surface area contributed by atoms with Gasteiger partial charge in [0.1, 0.15) is 31.0 Å². The van der Waals surface area contributed by atoms with Gasteiger partial charge in [-0.1, -0.05) is 108 Å². The minimum absolute atomic E-state index is 0.211. The average Bonchev–Trinajstić information content (AvgIpc) is 3.06. The number of carbonyl (C=O) groups excluding carboxylic acids is 2. The van der Waals surface area contributed by atoms with Crippen LogP contribution in [0.5, 0.6) is 0 Å². The monoisotopic (exact) mass is 668 g/mol. The normalized spacial score (nSPS) is 22.4. The summed E-state index contributed by atoms with van der Waals surface area (Å²) in [7, 11) is 0. The lowest BCUT2D eigenvalue weighted by atomic mass is 9.99. The van der Waals surface area contributed by atoms with E-state index >= 15 is 0 Å². The Morgan fingerprint density at radius 2 is 1.26 bits per heavy atom. The molecule has 10 heteroatoms. The molecule has 0 spiro atoms. The Bertz CT molecular complexity index is 871. The Balaban J connectivity index is 2.42. The molecule has 0 radical (unpaired) electrons. The predicted octanol–water partition coefficient (Wildman–Crippen LogP) is 5.99. The number of ether oxygens (including phenoxy) is 4. The maximum atomic E-state index is 12.6. The molecule has 1 rings (SSSR count). The summed E-state index contributed by atoms with van der Waals surface area (Å²) in [5.41, 5.74) is 0. The van der Waals surface area contributed by atoms with Crippen LogP contribution in [0.1, 0.15) is 129 Å². The first-order chi connectivity index (χ1) is 22.8. The van der Waals surface area contributed by atoms with Crippen LogP contribution < -0.4 is 0 Å². The van der Waals surface area contributed by atoms with E-state index in [0.29, 0.717) is 6.42 Å². The van der Waals surface area contributed by atoms with E-state index in [9.17, 15) is 30.0 Å². The standard InChI is InChI=1S/C37H64O10/c1-3-5-7-9-11-12-13-14-15-16-17-18-20-22-24-26-33(40)46-30(28-44-32(39)25-23-21-19-10-8-6-4-2)29-45-37-36(43)35(42)34(41)31(27-38)47-37/h5,7,11-12,14-15,30-31,34-38,41-43H,3-4,6,8-10,13,16-29H2,1-2H3/b7-5-,12-11-,15-14-/t30?,31-,34-,35+,36-,37-/m1/s1. The Morgan fingerprint density at radius 3 is 1.89 bits per heavy atom. The smallest absolute Gasteiger partial charge is 0.306 e. The number of aliphatic hydroxyl groups is 4. The average molecular weight is 669 g/mol. The van der Waals surface area contributed by atoms with Crippen molar-refractivity contribution >= 4 is 11.9 Å². The number of allylic oxidation sites excluding steroid dienone is 6. The van der Waals surface area contributed by atoms with Crippen LogP contribution in [0.3, 0.4) is 0 Å². The van der Waals surface area contributed by atoms with Crippen molar-refractivity contribution in [3.05, 3.63) is 36.5 Å². The van der Waals surface area contributed by atoms with Crippen LogP contribution in [-0.4, -0.2) is 89.0 Å². The van der Waals surface area contributed by atoms with Gasteiger partial charge in [0.2, 0.25) is 0 Å². The second kappa shape index (κ2) is 28.9. The molecule has 1 fully saturated rings. The SMILES string of the molecule is CC/C=C\C/C=C\C/C=C\CCCCCCCC(=O)OC(COC(=O)CCCCCCCCC)CO[C@@H]1O[C@H](CO)[C@@H](O)[C@H](O)[C@H]1O. The van der Waals surface area contributed by atoms with Crippen molar-refractivity contribution in [3.63, 3.8) is 0 Å². The molecule has 272 valence electrons. The van der Waals surface area contributed by atoms with E-state index in [1.54, 1.807) is 0 Å². The van der Waals surface area contributed by atoms with E-state index in [4.69, 9.17) is 18.9 Å². The van der Waals surface area contributed by atoms with Gasteiger partial charge >= 0.3 is 11.9 Å². The third kappa shape index (κ3) is 21.5. The third-order valence-electron chi connectivity index (χ3n) is 8.04. The van der Waals surface area contributed by atoms with Crippen molar-refractivity contribution in [2.75, 3.05) is 19.8 Å². The first-order valence-corrected chi connectivity index (χ1v) is 18.1. The fourth-order valence-corrected chi connectivity index (χ4v) is 5.14. The van der Waals surface area contributed by atoms with Crippen LogP contribution in [0, 0.1) is 0 Å². The van der Waals surface area contributed by atoms with E-state index in [2.05, 4.69) is 50.3 Å². The number of carbonyl (C=O) groups is 2. The molecule has 1 unspecified atom stereocenters. The van der Waals surface area contributed by atoms with Crippen LogP contribution in [0.4, 0.5) is 0 Å². The Kier molecular flexibility index (Phi) is 26.4. The van der Waals surface area contributed by atoms with Gasteiger partial charge in [0.25, 0.3) is 0 Å². The van der Waals surface area contributed by atoms with Gasteiger partial charge in [-0.05, 0) is 44.9 Å². The van der Waals surface area contributed by atoms with E-state index < -0.39 is 55.4 Å². The number of unbranched alkanes of at least 4 members (excludes halogenated alkanes) is 11. The topological polar surface area (TPSA) is 152 Å². The summed E-state index contributed by atoms with van der Waals surface area (Å²) in [6, 6.07) is 0. The van der Waals surface area contributed by atoms with Gasteiger partial charge in [0.05, 0.1) is 13.2 Å². The molecule has 0 aromatic heterocycles. The molecule has 0 saturated carbocycles. The highest BCUT2D eigenvalue weighted by atomic mass is 16.7. The van der Waals surface area contributed by atoms with Crippen molar-refractivity contribution in [1.82, 2.24) is 0 Å². The lowest BCUT2D eigenvalue weighted by molar-refractivity contribution is -0.305. The number of esters is 2. The molecule has 1 aliphatic heterocycles. The molecule has 0 aromatic carbocycles. The lowest BCUT2D eigenvalue weighted by Gasteiger charge is -2.39. The van der Waals surface area contributed by atoms with E-state index in [-0.39, 0.29) is 26.1 Å². The molecule has 1 saturated heterocycles. The fraction of sp³-hybridized carbons (Fsp3) is 0.784. The van der Waals surface area contributed by atoms with Crippen molar-refractivity contribution < 1.29 is 49.0 Å². The predicted molar refractivity (Wildman–Crippen MR) is 182 cm³/mol. The second-order valence-electron chi connectivity index (χ2n) is 12.3. The van der Waals surface area contributed by atoms with Gasteiger partial charge in [-0.2, -0.15) is 0 Å². The molecule has 1 aliphatic rings. The van der Waals surface area contributed by atoms with Crippen molar-refractivity contribution in [1.29, 1.82) is 0 Å². The van der Waals surface area contributed by atoms with Gasteiger partial charge in [0.15, 0.2) is 12.4 Å². The summed E-state index contributed by atoms with van der Waals surface area (Å²) in [4.78, 5) is 25.0. The number of hydrogen-bond acceptors (Lipinski definition) is 10. The van der Waals surface area contributed by atoms with Crippen LogP contribution in [0.15, 0.2) is 36.5 Å². The van der Waals surface area contributed by atoms with Gasteiger partial charge in [-0.3, -0.25) is 9.59 Å². The highest BCUT2D eigenvalue weighted by Gasteiger charge is 2.44. The maximum Gasteiger partial charge on any atom is 0.306 e. The zero-order valence-electron chi connectivity index (χ0n) is 29.0. The summed E-state index contributed by atoms with van der Waals surface area (Å²) in [6.45, 7) is 3.21. The first-order valence-electron chi connectivity index (χ1n) is 18.1. The van der Waals surface area contributed by atoms with Crippen LogP contribution in [-0.2, 0) is 28.5 Å². The molecule has 6 atom stereocenters. The maximum absolute atomic E-state index is 12.6. The Morgan fingerprint density at radius 1 is 0.681 bits per heavy atom. The van der Waals surface area contributed by atoms with Crippen LogP contribution in [0.2, 0.25) is 0 Å². The van der Waals surface area contributed by atoms with E-state index in [1.807, 2.05) is 0 Å². The minimum Gasteiger partial charge on any atom is -0.462 e. The fourth-order valence-electron chi connectivity index (χ4n) is 5.14. The van der Waals surface area contributed by atoms with Crippen LogP contribution in [0.25, 0.3) is 0 Å². The zero-order chi connectivity index (χ0) is 34.5. The summed E-state index contributed by atoms with van der Waals surface area (Å²) in [5, 5.41) is 39.8. The molecular formula is C37H64O10. The van der Waals surface area contributed by atoms with Crippen molar-refractivity contribution in [2.24, 2.45) is 0 Å². The number of hydrogen-bond donors (Lipinski definition) is 4. The molecule has 0 bridgehead atoms. The number of aliphatic hydroxyl groups excluding tert-OH is 4. The van der Waals surface area contributed by atoms with Gasteiger partial charge in [-0.25, -0.2) is 0 Å². The Hall–Kier alpha value is -2.08. The number of rotatable bonds is 28. The van der Waals surface area contributed by atoms with Gasteiger partial charge in [0, 0.05) is 12.8 Å². The quantitative estimate of drug-likeness (QED) is 0.0445. The second-order valence-corrected chi connectivity index (χ2v) is 12.3. The lowest BCUT2D eigenvalue weighted by Crippen LogP contribution is -2.59. The van der Waals surface area contributed by atoms with Crippen molar-refractivity contribution in [2.45, 2.75) is 166 Å². The molecule has 4 N–H and O–H groups in total. The first kappa shape index (κ1) is 42.9. The molecule has 0 aromatic rings. The molecular weight excluding hydrogens is 604 g/mol. The molecule has 10 nitrogen and oxygen atoms in total. The molecule has 0 aliphatic carbocycles.